The molecular weight excluding hydrogens is 256 g/mol. The predicted octanol–water partition coefficient (Wildman–Crippen LogP) is 1.76. The Morgan fingerprint density at radius 2 is 2.20 bits per heavy atom. The van der Waals surface area contributed by atoms with Gasteiger partial charge in [0, 0.05) is 43.8 Å². The summed E-state index contributed by atoms with van der Waals surface area (Å²) in [6, 6.07) is 6.44. The SMILES string of the molecule is C[C@H]1CN(C(=O)O)CCN1c1ccc2c(cnn2C)c1. The first kappa shape index (κ1) is 12.8. The second kappa shape index (κ2) is 4.70. The van der Waals surface area contributed by atoms with Crippen LogP contribution in [0.1, 0.15) is 6.92 Å². The molecule has 1 saturated heterocycles. The molecule has 1 amide bonds. The van der Waals surface area contributed by atoms with E-state index in [-0.39, 0.29) is 6.04 Å². The highest BCUT2D eigenvalue weighted by Gasteiger charge is 2.26. The molecule has 0 aliphatic carbocycles. The van der Waals surface area contributed by atoms with Crippen LogP contribution in [0.3, 0.4) is 0 Å². The molecule has 1 fully saturated rings. The van der Waals surface area contributed by atoms with Gasteiger partial charge >= 0.3 is 6.09 Å². The number of carboxylic acid groups (broad SMARTS) is 1. The van der Waals surface area contributed by atoms with E-state index in [0.29, 0.717) is 13.1 Å². The number of rotatable bonds is 1. The zero-order valence-electron chi connectivity index (χ0n) is 11.7. The number of nitrogens with zero attached hydrogens (tertiary/aromatic N) is 4. The summed E-state index contributed by atoms with van der Waals surface area (Å²) >= 11 is 0. The third-order valence-electron chi connectivity index (χ3n) is 3.96. The summed E-state index contributed by atoms with van der Waals surface area (Å²) in [5, 5.41) is 14.4. The van der Waals surface area contributed by atoms with Gasteiger partial charge in [0.15, 0.2) is 0 Å². The van der Waals surface area contributed by atoms with Gasteiger partial charge in [-0.25, -0.2) is 4.79 Å². The molecule has 1 aromatic heterocycles. The van der Waals surface area contributed by atoms with Gasteiger partial charge in [-0.05, 0) is 25.1 Å². The molecule has 6 heteroatoms. The van der Waals surface area contributed by atoms with Crippen LogP contribution >= 0.6 is 0 Å². The normalized spacial score (nSPS) is 19.6. The molecule has 1 aromatic carbocycles. The van der Waals surface area contributed by atoms with Gasteiger partial charge in [0.2, 0.25) is 0 Å². The number of hydrogen-bond donors (Lipinski definition) is 1. The molecule has 106 valence electrons. The van der Waals surface area contributed by atoms with E-state index in [1.165, 1.54) is 4.90 Å². The highest BCUT2D eigenvalue weighted by atomic mass is 16.4. The summed E-state index contributed by atoms with van der Waals surface area (Å²) in [5.74, 6) is 0. The van der Waals surface area contributed by atoms with Crippen LogP contribution in [0.5, 0.6) is 0 Å². The van der Waals surface area contributed by atoms with Crippen LogP contribution < -0.4 is 4.90 Å². The average molecular weight is 274 g/mol. The minimum Gasteiger partial charge on any atom is -0.465 e. The molecule has 0 saturated carbocycles. The Morgan fingerprint density at radius 1 is 1.40 bits per heavy atom. The lowest BCUT2D eigenvalue weighted by molar-refractivity contribution is 0.136. The highest BCUT2D eigenvalue weighted by Crippen LogP contribution is 2.25. The van der Waals surface area contributed by atoms with E-state index >= 15 is 0 Å². The molecule has 2 aromatic rings. The highest BCUT2D eigenvalue weighted by molar-refractivity contribution is 5.82. The van der Waals surface area contributed by atoms with E-state index in [1.54, 1.807) is 0 Å². The quantitative estimate of drug-likeness (QED) is 0.860. The maximum Gasteiger partial charge on any atom is 0.407 e. The first-order chi connectivity index (χ1) is 9.56. The Morgan fingerprint density at radius 3 is 2.90 bits per heavy atom. The lowest BCUT2D eigenvalue weighted by atomic mass is 10.1. The topological polar surface area (TPSA) is 61.6 Å². The van der Waals surface area contributed by atoms with Crippen molar-refractivity contribution < 1.29 is 9.90 Å². The van der Waals surface area contributed by atoms with Crippen LogP contribution in [-0.4, -0.2) is 51.6 Å². The van der Waals surface area contributed by atoms with Gasteiger partial charge in [-0.1, -0.05) is 0 Å². The van der Waals surface area contributed by atoms with Gasteiger partial charge in [-0.2, -0.15) is 5.10 Å². The van der Waals surface area contributed by atoms with Crippen molar-refractivity contribution in [3.05, 3.63) is 24.4 Å². The maximum atomic E-state index is 11.0. The maximum absolute atomic E-state index is 11.0. The minimum absolute atomic E-state index is 0.175. The Kier molecular flexibility index (Phi) is 3.00. The Balaban J connectivity index is 1.86. The van der Waals surface area contributed by atoms with Crippen LogP contribution in [0, 0.1) is 0 Å². The number of anilines is 1. The number of aryl methyl sites for hydroxylation is 1. The molecule has 0 spiro atoms. The van der Waals surface area contributed by atoms with Crippen molar-refractivity contribution in [1.29, 1.82) is 0 Å². The second-order valence-electron chi connectivity index (χ2n) is 5.28. The van der Waals surface area contributed by atoms with Crippen molar-refractivity contribution in [2.45, 2.75) is 13.0 Å². The number of fused-ring (bicyclic) bond motifs is 1. The van der Waals surface area contributed by atoms with Gasteiger partial charge in [0.25, 0.3) is 0 Å². The molecular formula is C14H18N4O2. The number of aromatic nitrogens is 2. The van der Waals surface area contributed by atoms with Crippen molar-refractivity contribution in [3.63, 3.8) is 0 Å². The van der Waals surface area contributed by atoms with Crippen molar-refractivity contribution in [2.75, 3.05) is 24.5 Å². The Hall–Kier alpha value is -2.24. The number of hydrogen-bond acceptors (Lipinski definition) is 3. The van der Waals surface area contributed by atoms with Gasteiger partial charge < -0.3 is 14.9 Å². The molecule has 1 aliphatic heterocycles. The summed E-state index contributed by atoms with van der Waals surface area (Å²) in [6.07, 6.45) is 1.02. The first-order valence-electron chi connectivity index (χ1n) is 6.72. The van der Waals surface area contributed by atoms with Crippen molar-refractivity contribution in [1.82, 2.24) is 14.7 Å². The summed E-state index contributed by atoms with van der Waals surface area (Å²) in [5.41, 5.74) is 2.23. The van der Waals surface area contributed by atoms with E-state index in [1.807, 2.05) is 17.9 Å². The fraction of sp³-hybridized carbons (Fsp3) is 0.429. The zero-order valence-corrected chi connectivity index (χ0v) is 11.7. The van der Waals surface area contributed by atoms with Crippen LogP contribution in [0.4, 0.5) is 10.5 Å². The van der Waals surface area contributed by atoms with Crippen molar-refractivity contribution in [2.24, 2.45) is 7.05 Å². The molecule has 3 rings (SSSR count). The number of carbonyl (C=O) groups is 1. The van der Waals surface area contributed by atoms with Crippen LogP contribution in [0.15, 0.2) is 24.4 Å². The van der Waals surface area contributed by atoms with Gasteiger partial charge in [-0.15, -0.1) is 0 Å². The minimum atomic E-state index is -0.834. The second-order valence-corrected chi connectivity index (χ2v) is 5.28. The van der Waals surface area contributed by atoms with E-state index < -0.39 is 6.09 Å². The lowest BCUT2D eigenvalue weighted by Crippen LogP contribution is -2.53. The smallest absolute Gasteiger partial charge is 0.407 e. The van der Waals surface area contributed by atoms with Gasteiger partial charge in [0.1, 0.15) is 0 Å². The van der Waals surface area contributed by atoms with Crippen LogP contribution in [0.2, 0.25) is 0 Å². The third kappa shape index (κ3) is 2.07. The monoisotopic (exact) mass is 274 g/mol. The van der Waals surface area contributed by atoms with E-state index in [9.17, 15) is 4.79 Å². The van der Waals surface area contributed by atoms with Crippen molar-refractivity contribution >= 4 is 22.7 Å². The summed E-state index contributed by atoms with van der Waals surface area (Å²) in [6.45, 7) is 3.87. The molecule has 0 bridgehead atoms. The van der Waals surface area contributed by atoms with E-state index in [4.69, 9.17) is 5.11 Å². The fourth-order valence-corrected chi connectivity index (χ4v) is 2.84. The molecule has 6 nitrogen and oxygen atoms in total. The number of amides is 1. The largest absolute Gasteiger partial charge is 0.465 e. The fourth-order valence-electron chi connectivity index (χ4n) is 2.84. The first-order valence-corrected chi connectivity index (χ1v) is 6.72. The molecule has 1 aliphatic rings. The molecule has 1 atom stereocenters. The average Bonchev–Trinajstić information content (AvgIpc) is 2.79. The zero-order chi connectivity index (χ0) is 14.3. The molecule has 0 radical (unpaired) electrons. The molecule has 20 heavy (non-hydrogen) atoms. The predicted molar refractivity (Wildman–Crippen MR) is 77.1 cm³/mol. The Bertz CT molecular complexity index is 652. The summed E-state index contributed by atoms with van der Waals surface area (Å²) in [4.78, 5) is 14.7. The van der Waals surface area contributed by atoms with E-state index in [2.05, 4.69) is 35.1 Å². The van der Waals surface area contributed by atoms with Crippen molar-refractivity contribution in [3.8, 4) is 0 Å². The van der Waals surface area contributed by atoms with Crippen LogP contribution in [-0.2, 0) is 7.05 Å². The van der Waals surface area contributed by atoms with E-state index in [0.717, 1.165) is 23.1 Å². The number of benzene rings is 1. The summed E-state index contributed by atoms with van der Waals surface area (Å²) in [7, 11) is 1.93. The Labute approximate surface area is 117 Å². The summed E-state index contributed by atoms with van der Waals surface area (Å²) < 4.78 is 1.85. The molecule has 1 N–H and O–H groups in total. The van der Waals surface area contributed by atoms with Gasteiger partial charge in [-0.3, -0.25) is 4.68 Å². The molecule has 0 unspecified atom stereocenters. The third-order valence-corrected chi connectivity index (χ3v) is 3.96. The molecule has 2 heterocycles. The standard InChI is InChI=1S/C14H18N4O2/c1-10-9-17(14(19)20)5-6-18(10)12-3-4-13-11(7-12)8-15-16(13)2/h3-4,7-8,10H,5-6,9H2,1-2H3,(H,19,20)/t10-/m0/s1. The number of piperazine rings is 1. The van der Waals surface area contributed by atoms with Crippen LogP contribution in [0.25, 0.3) is 10.9 Å². The van der Waals surface area contributed by atoms with Gasteiger partial charge in [0.05, 0.1) is 11.7 Å². The lowest BCUT2D eigenvalue weighted by Gasteiger charge is -2.40.